The van der Waals surface area contributed by atoms with Gasteiger partial charge >= 0.3 is 0 Å². The number of nitrogens with one attached hydrogen (secondary N) is 1. The molecule has 2 aromatic rings. The molecule has 7 nitrogen and oxygen atoms in total. The highest BCUT2D eigenvalue weighted by molar-refractivity contribution is 5.95. The van der Waals surface area contributed by atoms with Gasteiger partial charge in [-0.3, -0.25) is 9.69 Å². The Labute approximate surface area is 164 Å². The van der Waals surface area contributed by atoms with Crippen LogP contribution in [0.5, 0.6) is 11.5 Å². The van der Waals surface area contributed by atoms with Gasteiger partial charge in [0.15, 0.2) is 0 Å². The zero-order valence-corrected chi connectivity index (χ0v) is 16.2. The number of hydrazone groups is 1. The van der Waals surface area contributed by atoms with E-state index in [1.165, 1.54) is 11.8 Å². The van der Waals surface area contributed by atoms with Crippen molar-refractivity contribution in [1.29, 1.82) is 0 Å². The average molecular weight is 383 g/mol. The first-order chi connectivity index (χ1) is 13.7. The van der Waals surface area contributed by atoms with Crippen molar-refractivity contribution in [3.05, 3.63) is 59.2 Å². The first-order valence-corrected chi connectivity index (χ1v) is 9.14. The summed E-state index contributed by atoms with van der Waals surface area (Å²) in [7, 11) is 3.17. The van der Waals surface area contributed by atoms with Gasteiger partial charge in [0.1, 0.15) is 11.5 Å². The fourth-order valence-electron chi connectivity index (χ4n) is 2.94. The smallest absolute Gasteiger partial charge is 0.271 e. The maximum atomic E-state index is 12.3. The molecule has 1 aliphatic rings. The lowest BCUT2D eigenvalue weighted by molar-refractivity contribution is 0.0342. The molecule has 0 spiro atoms. The Morgan fingerprint density at radius 1 is 1.14 bits per heavy atom. The number of carbonyl (C=O) groups excluding carboxylic acids is 1. The van der Waals surface area contributed by atoms with Crippen LogP contribution in [0.1, 0.15) is 21.5 Å². The molecular weight excluding hydrogens is 358 g/mol. The van der Waals surface area contributed by atoms with Gasteiger partial charge in [-0.15, -0.1) is 0 Å². The van der Waals surface area contributed by atoms with Crippen LogP contribution in [-0.4, -0.2) is 57.5 Å². The number of hydrogen-bond acceptors (Lipinski definition) is 6. The van der Waals surface area contributed by atoms with Crippen LogP contribution >= 0.6 is 0 Å². The van der Waals surface area contributed by atoms with E-state index in [1.54, 1.807) is 32.4 Å². The van der Waals surface area contributed by atoms with Crippen molar-refractivity contribution >= 4 is 12.1 Å². The molecule has 0 saturated carbocycles. The molecule has 28 heavy (non-hydrogen) atoms. The van der Waals surface area contributed by atoms with Crippen molar-refractivity contribution in [3.63, 3.8) is 0 Å². The number of benzene rings is 2. The van der Waals surface area contributed by atoms with Crippen LogP contribution in [0.3, 0.4) is 0 Å². The van der Waals surface area contributed by atoms with Crippen LogP contribution in [0, 0.1) is 0 Å². The number of ether oxygens (including phenoxy) is 3. The quantitative estimate of drug-likeness (QED) is 0.587. The minimum Gasteiger partial charge on any atom is -0.497 e. The van der Waals surface area contributed by atoms with Gasteiger partial charge in [-0.05, 0) is 35.9 Å². The largest absolute Gasteiger partial charge is 0.497 e. The van der Waals surface area contributed by atoms with E-state index in [-0.39, 0.29) is 5.91 Å². The van der Waals surface area contributed by atoms with E-state index in [0.29, 0.717) is 22.6 Å². The second-order valence-electron chi connectivity index (χ2n) is 6.39. The number of rotatable bonds is 7. The summed E-state index contributed by atoms with van der Waals surface area (Å²) in [6.07, 6.45) is 1.53. The molecule has 0 radical (unpaired) electrons. The van der Waals surface area contributed by atoms with Crippen molar-refractivity contribution in [2.24, 2.45) is 5.10 Å². The second kappa shape index (κ2) is 9.87. The third-order valence-corrected chi connectivity index (χ3v) is 4.53. The minimum absolute atomic E-state index is 0.268. The van der Waals surface area contributed by atoms with Crippen molar-refractivity contribution in [1.82, 2.24) is 10.3 Å². The average Bonchev–Trinajstić information content (AvgIpc) is 2.74. The van der Waals surface area contributed by atoms with Crippen molar-refractivity contribution in [2.45, 2.75) is 6.54 Å². The summed E-state index contributed by atoms with van der Waals surface area (Å²) in [5, 5.41) is 4.04. The molecule has 0 aromatic heterocycles. The number of hydrogen-bond donors (Lipinski definition) is 1. The van der Waals surface area contributed by atoms with Gasteiger partial charge in [0.05, 0.1) is 33.6 Å². The van der Waals surface area contributed by atoms with Gasteiger partial charge in [0.2, 0.25) is 0 Å². The van der Waals surface area contributed by atoms with E-state index >= 15 is 0 Å². The van der Waals surface area contributed by atoms with E-state index in [4.69, 9.17) is 14.2 Å². The van der Waals surface area contributed by atoms with Crippen molar-refractivity contribution in [2.75, 3.05) is 40.5 Å². The summed E-state index contributed by atoms with van der Waals surface area (Å²) in [4.78, 5) is 14.6. The van der Waals surface area contributed by atoms with Crippen LogP contribution in [-0.2, 0) is 11.3 Å². The Kier molecular flexibility index (Phi) is 7.00. The predicted octanol–water partition coefficient (Wildman–Crippen LogP) is 2.30. The first-order valence-electron chi connectivity index (χ1n) is 9.14. The number of morpholine rings is 1. The third kappa shape index (κ3) is 5.31. The fourth-order valence-corrected chi connectivity index (χ4v) is 2.94. The van der Waals surface area contributed by atoms with Gasteiger partial charge in [0, 0.05) is 30.8 Å². The molecule has 0 atom stereocenters. The van der Waals surface area contributed by atoms with E-state index in [2.05, 4.69) is 15.4 Å². The zero-order valence-electron chi connectivity index (χ0n) is 16.2. The molecule has 0 bridgehead atoms. The lowest BCUT2D eigenvalue weighted by Gasteiger charge is -2.26. The summed E-state index contributed by atoms with van der Waals surface area (Å²) in [6, 6.07) is 12.9. The van der Waals surface area contributed by atoms with Gasteiger partial charge in [-0.1, -0.05) is 12.1 Å². The standard InChI is InChI=1S/C21H25N3O4/c1-26-19-7-8-20(27-2)18(13-19)14-22-23-21(25)17-5-3-16(4-6-17)15-24-9-11-28-12-10-24/h3-8,13-14H,9-12,15H2,1-2H3,(H,23,25)/b22-14-. The Morgan fingerprint density at radius 3 is 2.57 bits per heavy atom. The van der Waals surface area contributed by atoms with Gasteiger partial charge in [0.25, 0.3) is 5.91 Å². The lowest BCUT2D eigenvalue weighted by Crippen LogP contribution is -2.35. The topological polar surface area (TPSA) is 72.4 Å². The number of nitrogens with zero attached hydrogens (tertiary/aromatic N) is 2. The Morgan fingerprint density at radius 2 is 1.89 bits per heavy atom. The zero-order chi connectivity index (χ0) is 19.8. The molecule has 1 saturated heterocycles. The Hall–Kier alpha value is -2.90. The fraction of sp³-hybridized carbons (Fsp3) is 0.333. The monoisotopic (exact) mass is 383 g/mol. The molecule has 0 aliphatic carbocycles. The number of carbonyl (C=O) groups is 1. The van der Waals surface area contributed by atoms with Crippen LogP contribution in [0.15, 0.2) is 47.6 Å². The molecule has 1 amide bonds. The normalized spacial score (nSPS) is 14.8. The van der Waals surface area contributed by atoms with E-state index in [0.717, 1.165) is 32.8 Å². The molecule has 1 fully saturated rings. The molecule has 1 heterocycles. The summed E-state index contributed by atoms with van der Waals surface area (Å²) >= 11 is 0. The van der Waals surface area contributed by atoms with Crippen LogP contribution in [0.25, 0.3) is 0 Å². The Bertz CT molecular complexity index is 815. The highest BCUT2D eigenvalue weighted by Crippen LogP contribution is 2.22. The molecule has 0 unspecified atom stereocenters. The highest BCUT2D eigenvalue weighted by atomic mass is 16.5. The van der Waals surface area contributed by atoms with Crippen LogP contribution in [0.2, 0.25) is 0 Å². The maximum Gasteiger partial charge on any atom is 0.271 e. The predicted molar refractivity (Wildman–Crippen MR) is 107 cm³/mol. The minimum atomic E-state index is -0.268. The van der Waals surface area contributed by atoms with E-state index in [9.17, 15) is 4.79 Å². The Balaban J connectivity index is 1.58. The summed E-state index contributed by atoms with van der Waals surface area (Å²) in [5.41, 5.74) is 4.98. The summed E-state index contributed by atoms with van der Waals surface area (Å²) in [5.74, 6) is 1.06. The SMILES string of the molecule is COc1ccc(OC)c(/C=N\NC(=O)c2ccc(CN3CCOCC3)cc2)c1. The van der Waals surface area contributed by atoms with Crippen molar-refractivity contribution < 1.29 is 19.0 Å². The molecule has 1 N–H and O–H groups in total. The molecule has 148 valence electrons. The number of amides is 1. The number of methoxy groups -OCH3 is 2. The maximum absolute atomic E-state index is 12.3. The van der Waals surface area contributed by atoms with Crippen LogP contribution < -0.4 is 14.9 Å². The van der Waals surface area contributed by atoms with Gasteiger partial charge in [-0.25, -0.2) is 5.43 Å². The summed E-state index contributed by atoms with van der Waals surface area (Å²) < 4.78 is 15.9. The molecule has 1 aliphatic heterocycles. The second-order valence-corrected chi connectivity index (χ2v) is 6.39. The molecular formula is C21H25N3O4. The molecule has 3 rings (SSSR count). The molecule has 7 heteroatoms. The van der Waals surface area contributed by atoms with Crippen LogP contribution in [0.4, 0.5) is 0 Å². The van der Waals surface area contributed by atoms with Gasteiger partial charge < -0.3 is 14.2 Å². The highest BCUT2D eigenvalue weighted by Gasteiger charge is 2.11. The van der Waals surface area contributed by atoms with E-state index in [1.807, 2.05) is 24.3 Å². The lowest BCUT2D eigenvalue weighted by atomic mass is 10.1. The van der Waals surface area contributed by atoms with Crippen molar-refractivity contribution in [3.8, 4) is 11.5 Å². The van der Waals surface area contributed by atoms with Gasteiger partial charge in [-0.2, -0.15) is 5.10 Å². The molecule has 2 aromatic carbocycles. The van der Waals surface area contributed by atoms with E-state index < -0.39 is 0 Å². The first kappa shape index (κ1) is 19.9. The third-order valence-electron chi connectivity index (χ3n) is 4.53. The summed E-state index contributed by atoms with van der Waals surface area (Å²) in [6.45, 7) is 4.28.